The van der Waals surface area contributed by atoms with Crippen molar-refractivity contribution in [2.45, 2.75) is 31.7 Å². The van der Waals surface area contributed by atoms with E-state index in [9.17, 15) is 9.18 Å². The molecular weight excluding hydrogens is 465 g/mol. The summed E-state index contributed by atoms with van der Waals surface area (Å²) in [6.45, 7) is 0.0936. The average molecular weight is 484 g/mol. The molecule has 1 aromatic heterocycles. The van der Waals surface area contributed by atoms with Crippen molar-refractivity contribution in [2.75, 3.05) is 12.0 Å². The number of benzene rings is 2. The highest BCUT2D eigenvalue weighted by atomic mass is 79.9. The predicted octanol–water partition coefficient (Wildman–Crippen LogP) is 5.29. The van der Waals surface area contributed by atoms with Gasteiger partial charge in [-0.2, -0.15) is 0 Å². The molecule has 2 aliphatic rings. The lowest BCUT2D eigenvalue weighted by Gasteiger charge is -2.23. The van der Waals surface area contributed by atoms with Crippen LogP contribution in [0.2, 0.25) is 0 Å². The molecular formula is C23H19BrFN3O3. The summed E-state index contributed by atoms with van der Waals surface area (Å²) in [5.41, 5.74) is 2.53. The third-order valence-electron chi connectivity index (χ3n) is 5.54. The summed E-state index contributed by atoms with van der Waals surface area (Å²) in [7, 11) is 1.49. The molecule has 0 radical (unpaired) electrons. The largest absolute Gasteiger partial charge is 0.497 e. The maximum atomic E-state index is 14.6. The number of hydrogen-bond donors (Lipinski definition) is 0. The molecule has 31 heavy (non-hydrogen) atoms. The molecule has 1 saturated carbocycles. The van der Waals surface area contributed by atoms with E-state index in [-0.39, 0.29) is 18.9 Å². The quantitative estimate of drug-likeness (QED) is 0.492. The van der Waals surface area contributed by atoms with Gasteiger partial charge in [-0.3, -0.25) is 4.79 Å². The lowest BCUT2D eigenvalue weighted by atomic mass is 10.1. The highest BCUT2D eigenvalue weighted by Gasteiger charge is 2.33. The van der Waals surface area contributed by atoms with E-state index in [1.54, 1.807) is 17.0 Å². The molecule has 1 fully saturated rings. The number of halogens is 2. The molecule has 0 atom stereocenters. The Morgan fingerprint density at radius 1 is 1.23 bits per heavy atom. The molecule has 1 amide bonds. The topological polar surface area (TPSA) is 68.5 Å². The van der Waals surface area contributed by atoms with Gasteiger partial charge >= 0.3 is 0 Å². The second-order valence-corrected chi connectivity index (χ2v) is 8.44. The van der Waals surface area contributed by atoms with Crippen LogP contribution in [0.25, 0.3) is 10.1 Å². The monoisotopic (exact) mass is 483 g/mol. The molecule has 8 heteroatoms. The maximum absolute atomic E-state index is 14.6. The minimum Gasteiger partial charge on any atom is -0.497 e. The van der Waals surface area contributed by atoms with Gasteiger partial charge in [-0.05, 0) is 40.9 Å². The molecule has 0 spiro atoms. The van der Waals surface area contributed by atoms with Crippen molar-refractivity contribution in [3.05, 3.63) is 71.2 Å². The normalized spacial score (nSPS) is 16.4. The fourth-order valence-corrected chi connectivity index (χ4v) is 4.31. The third-order valence-corrected chi connectivity index (χ3v) is 6.45. The number of anilines is 1. The number of para-hydroxylation sites is 1. The van der Waals surface area contributed by atoms with Crippen LogP contribution in [0.3, 0.4) is 0 Å². The van der Waals surface area contributed by atoms with Gasteiger partial charge in [-0.1, -0.05) is 24.3 Å². The second-order valence-electron chi connectivity index (χ2n) is 7.64. The van der Waals surface area contributed by atoms with Gasteiger partial charge in [-0.25, -0.2) is 4.39 Å². The Kier molecular flexibility index (Phi) is 5.09. The average Bonchev–Trinajstić information content (AvgIpc) is 3.54. The lowest BCUT2D eigenvalue weighted by molar-refractivity contribution is -0.117. The molecule has 1 aliphatic heterocycles. The fourth-order valence-electron chi connectivity index (χ4n) is 3.66. The van der Waals surface area contributed by atoms with E-state index in [2.05, 4.69) is 26.1 Å². The van der Waals surface area contributed by atoms with Crippen molar-refractivity contribution in [2.24, 2.45) is 0 Å². The zero-order chi connectivity index (χ0) is 21.5. The van der Waals surface area contributed by atoms with Crippen LogP contribution in [-0.2, 0) is 11.3 Å². The first-order chi connectivity index (χ1) is 15.0. The summed E-state index contributed by atoms with van der Waals surface area (Å²) >= 11 is 3.66. The molecule has 0 bridgehead atoms. The summed E-state index contributed by atoms with van der Waals surface area (Å²) in [5, 5.41) is 8.35. The summed E-state index contributed by atoms with van der Waals surface area (Å²) in [6.07, 6.45) is 2.15. The Hall–Kier alpha value is -3.00. The number of methoxy groups -OCH3 is 1. The molecule has 3 aromatic rings. The first-order valence-electron chi connectivity index (χ1n) is 9.99. The predicted molar refractivity (Wildman–Crippen MR) is 117 cm³/mol. The van der Waals surface area contributed by atoms with Crippen LogP contribution in [0.15, 0.2) is 46.9 Å². The van der Waals surface area contributed by atoms with Crippen LogP contribution in [0.4, 0.5) is 10.1 Å². The van der Waals surface area contributed by atoms with Gasteiger partial charge in [0.1, 0.15) is 11.6 Å². The van der Waals surface area contributed by atoms with Crippen LogP contribution in [0, 0.1) is 5.82 Å². The smallest absolute Gasteiger partial charge is 0.245 e. The molecule has 2 aromatic carbocycles. The molecule has 0 N–H and O–H groups in total. The van der Waals surface area contributed by atoms with Gasteiger partial charge in [0, 0.05) is 33.2 Å². The molecule has 5 rings (SSSR count). The van der Waals surface area contributed by atoms with Crippen LogP contribution in [-0.4, -0.2) is 23.2 Å². The highest BCUT2D eigenvalue weighted by Crippen LogP contribution is 2.44. The number of nitrogens with zero attached hydrogens (tertiary/aromatic N) is 3. The Bertz CT molecular complexity index is 1200. The number of carbonyl (C=O) groups excluding carboxylic acids is 1. The van der Waals surface area contributed by atoms with E-state index in [4.69, 9.17) is 9.15 Å². The van der Waals surface area contributed by atoms with E-state index < -0.39 is 5.82 Å². The Morgan fingerprint density at radius 3 is 2.77 bits per heavy atom. The molecule has 0 saturated heterocycles. The van der Waals surface area contributed by atoms with Gasteiger partial charge in [-0.15, -0.1) is 10.2 Å². The maximum Gasteiger partial charge on any atom is 0.245 e. The summed E-state index contributed by atoms with van der Waals surface area (Å²) in [4.78, 5) is 14.9. The molecule has 0 unspecified atom stereocenters. The first-order valence-corrected chi connectivity index (χ1v) is 10.8. The SMILES string of the molecule is COc1ccc(CN2C(=O)CC(c3nnc(C4CC4)o3)=C(Br)c3ccccc32)c(F)c1. The Balaban J connectivity index is 1.53. The lowest BCUT2D eigenvalue weighted by Crippen LogP contribution is -2.30. The minimum absolute atomic E-state index is 0.0549. The van der Waals surface area contributed by atoms with Crippen molar-refractivity contribution >= 4 is 37.6 Å². The van der Waals surface area contributed by atoms with E-state index >= 15 is 0 Å². The summed E-state index contributed by atoms with van der Waals surface area (Å²) < 4.78 is 26.3. The van der Waals surface area contributed by atoms with Crippen LogP contribution in [0.1, 0.15) is 48.1 Å². The van der Waals surface area contributed by atoms with Gasteiger partial charge in [0.2, 0.25) is 17.7 Å². The van der Waals surface area contributed by atoms with Crippen LogP contribution >= 0.6 is 15.9 Å². The van der Waals surface area contributed by atoms with Gasteiger partial charge < -0.3 is 14.1 Å². The molecule has 158 valence electrons. The first kappa shape index (κ1) is 19.9. The Labute approximate surface area is 186 Å². The van der Waals surface area contributed by atoms with Crippen LogP contribution < -0.4 is 9.64 Å². The molecule has 2 heterocycles. The van der Waals surface area contributed by atoms with Gasteiger partial charge in [0.25, 0.3) is 0 Å². The van der Waals surface area contributed by atoms with Crippen molar-refractivity contribution < 1.29 is 18.3 Å². The summed E-state index contributed by atoms with van der Waals surface area (Å²) in [5.74, 6) is 1.10. The van der Waals surface area contributed by atoms with Crippen molar-refractivity contribution in [3.8, 4) is 5.75 Å². The number of fused-ring (bicyclic) bond motifs is 1. The van der Waals surface area contributed by atoms with Crippen molar-refractivity contribution in [3.63, 3.8) is 0 Å². The zero-order valence-electron chi connectivity index (χ0n) is 16.8. The van der Waals surface area contributed by atoms with Crippen molar-refractivity contribution in [1.29, 1.82) is 0 Å². The van der Waals surface area contributed by atoms with Gasteiger partial charge in [0.15, 0.2) is 0 Å². The molecule has 1 aliphatic carbocycles. The van der Waals surface area contributed by atoms with E-state index in [0.717, 1.165) is 22.9 Å². The third kappa shape index (κ3) is 3.76. The Morgan fingerprint density at radius 2 is 2.03 bits per heavy atom. The van der Waals surface area contributed by atoms with Crippen molar-refractivity contribution in [1.82, 2.24) is 10.2 Å². The standard InChI is InChI=1S/C23H19BrFN3O3/c1-30-15-9-8-14(18(25)10-15)12-28-19-5-3-2-4-16(19)21(24)17(11-20(28)29)23-27-26-22(31-23)13-6-7-13/h2-5,8-10,13H,6-7,11-12H2,1H3. The van der Waals surface area contributed by atoms with E-state index in [1.807, 2.05) is 24.3 Å². The fraction of sp³-hybridized carbons (Fsp3) is 0.261. The van der Waals surface area contributed by atoms with E-state index in [0.29, 0.717) is 40.3 Å². The van der Waals surface area contributed by atoms with E-state index in [1.165, 1.54) is 13.2 Å². The highest BCUT2D eigenvalue weighted by molar-refractivity contribution is 9.15. The number of ether oxygens (including phenoxy) is 1. The zero-order valence-corrected chi connectivity index (χ0v) is 18.4. The summed E-state index contributed by atoms with van der Waals surface area (Å²) in [6, 6.07) is 12.1. The number of rotatable bonds is 5. The second kappa shape index (κ2) is 7.92. The van der Waals surface area contributed by atoms with Gasteiger partial charge in [0.05, 0.1) is 25.8 Å². The minimum atomic E-state index is -0.424. The number of amides is 1. The number of carbonyl (C=O) groups is 1. The number of aromatic nitrogens is 2. The number of hydrogen-bond acceptors (Lipinski definition) is 5. The van der Waals surface area contributed by atoms with Crippen LogP contribution in [0.5, 0.6) is 5.75 Å². The molecule has 6 nitrogen and oxygen atoms in total.